The molecule has 0 heterocycles. The van der Waals surface area contributed by atoms with Crippen LogP contribution in [0.15, 0.2) is 24.3 Å². The number of para-hydroxylation sites is 1. The molecule has 2 heteroatoms. The molecule has 3 N–H and O–H groups in total. The largest absolute Gasteiger partial charge is 0.508 e. The maximum atomic E-state index is 9.45. The molecule has 0 aliphatic carbocycles. The molecule has 0 fully saturated rings. The van der Waals surface area contributed by atoms with Crippen molar-refractivity contribution in [2.45, 2.75) is 19.9 Å². The molecule has 0 saturated carbocycles. The first-order chi connectivity index (χ1) is 5.63. The number of nitrogens with two attached hydrogens (primary N) is 1. The van der Waals surface area contributed by atoms with Crippen LogP contribution in [0.5, 0.6) is 5.75 Å². The number of phenolic OH excluding ortho intramolecular Hbond substituents is 1. The lowest BCUT2D eigenvalue weighted by atomic mass is 9.96. The van der Waals surface area contributed by atoms with Crippen LogP contribution in [0.1, 0.15) is 25.5 Å². The van der Waals surface area contributed by atoms with Crippen molar-refractivity contribution in [3.63, 3.8) is 0 Å². The minimum absolute atomic E-state index is 0.0776. The Morgan fingerprint density at radius 3 is 2.33 bits per heavy atom. The Hall–Kier alpha value is -1.02. The van der Waals surface area contributed by atoms with Gasteiger partial charge in [0.1, 0.15) is 5.75 Å². The third-order valence-electron chi connectivity index (χ3n) is 2.01. The van der Waals surface area contributed by atoms with E-state index in [1.807, 2.05) is 26.0 Å². The van der Waals surface area contributed by atoms with Crippen molar-refractivity contribution in [2.24, 2.45) is 11.7 Å². The summed E-state index contributed by atoms with van der Waals surface area (Å²) >= 11 is 0. The van der Waals surface area contributed by atoms with Crippen LogP contribution < -0.4 is 5.73 Å². The van der Waals surface area contributed by atoms with Crippen LogP contribution in [0.4, 0.5) is 0 Å². The van der Waals surface area contributed by atoms with Crippen LogP contribution in [0.3, 0.4) is 0 Å². The lowest BCUT2D eigenvalue weighted by molar-refractivity contribution is 0.440. The molecule has 0 amide bonds. The fourth-order valence-electron chi connectivity index (χ4n) is 1.13. The fourth-order valence-corrected chi connectivity index (χ4v) is 1.13. The molecule has 0 aromatic heterocycles. The van der Waals surface area contributed by atoms with Crippen molar-refractivity contribution < 1.29 is 5.11 Å². The van der Waals surface area contributed by atoms with Gasteiger partial charge in [-0.25, -0.2) is 0 Å². The van der Waals surface area contributed by atoms with Crippen molar-refractivity contribution in [1.82, 2.24) is 0 Å². The molecular formula is C10H15NO. The number of rotatable bonds is 2. The van der Waals surface area contributed by atoms with E-state index < -0.39 is 0 Å². The molecule has 0 aliphatic heterocycles. The van der Waals surface area contributed by atoms with Crippen LogP contribution in [-0.4, -0.2) is 5.11 Å². The van der Waals surface area contributed by atoms with Crippen LogP contribution in [0.25, 0.3) is 0 Å². The standard InChI is InChI=1S/C10H15NO/c1-7(2)10(11)8-5-3-4-6-9(8)12/h3-7,10,12H,11H2,1-2H3/t10-/m0/s1. The smallest absolute Gasteiger partial charge is 0.120 e. The van der Waals surface area contributed by atoms with Crippen LogP contribution in [0.2, 0.25) is 0 Å². The van der Waals surface area contributed by atoms with Gasteiger partial charge in [-0.1, -0.05) is 32.0 Å². The zero-order valence-electron chi connectivity index (χ0n) is 7.49. The molecule has 1 aromatic rings. The first-order valence-corrected chi connectivity index (χ1v) is 4.16. The number of benzene rings is 1. The summed E-state index contributed by atoms with van der Waals surface area (Å²) in [5.74, 6) is 0.636. The number of phenols is 1. The van der Waals surface area contributed by atoms with Crippen molar-refractivity contribution in [3.05, 3.63) is 29.8 Å². The summed E-state index contributed by atoms with van der Waals surface area (Å²) < 4.78 is 0. The molecule has 1 atom stereocenters. The topological polar surface area (TPSA) is 46.2 Å². The summed E-state index contributed by atoms with van der Waals surface area (Å²) in [7, 11) is 0. The number of hydrogen-bond donors (Lipinski definition) is 2. The summed E-state index contributed by atoms with van der Waals surface area (Å²) in [5, 5.41) is 9.45. The monoisotopic (exact) mass is 165 g/mol. The van der Waals surface area contributed by atoms with Crippen LogP contribution in [-0.2, 0) is 0 Å². The van der Waals surface area contributed by atoms with E-state index in [2.05, 4.69) is 0 Å². The average molecular weight is 165 g/mol. The molecule has 0 radical (unpaired) electrons. The summed E-state index contributed by atoms with van der Waals surface area (Å²) in [5.41, 5.74) is 6.70. The minimum Gasteiger partial charge on any atom is -0.508 e. The van der Waals surface area contributed by atoms with Crippen molar-refractivity contribution in [3.8, 4) is 5.75 Å². The third kappa shape index (κ3) is 1.77. The van der Waals surface area contributed by atoms with Gasteiger partial charge in [-0.3, -0.25) is 0 Å². The highest BCUT2D eigenvalue weighted by Crippen LogP contribution is 2.26. The summed E-state index contributed by atoms with van der Waals surface area (Å²) in [6.07, 6.45) is 0. The van der Waals surface area contributed by atoms with E-state index in [4.69, 9.17) is 5.73 Å². The summed E-state index contributed by atoms with van der Waals surface area (Å²) in [4.78, 5) is 0. The Labute approximate surface area is 73.0 Å². The van der Waals surface area contributed by atoms with E-state index in [0.29, 0.717) is 11.7 Å². The second kappa shape index (κ2) is 3.59. The molecular weight excluding hydrogens is 150 g/mol. The molecule has 2 nitrogen and oxygen atoms in total. The van der Waals surface area contributed by atoms with Gasteiger partial charge in [0.25, 0.3) is 0 Å². The van der Waals surface area contributed by atoms with Crippen molar-refractivity contribution in [2.75, 3.05) is 0 Å². The molecule has 12 heavy (non-hydrogen) atoms. The maximum Gasteiger partial charge on any atom is 0.120 e. The Kier molecular flexibility index (Phi) is 2.71. The van der Waals surface area contributed by atoms with Gasteiger partial charge in [-0.05, 0) is 12.0 Å². The van der Waals surface area contributed by atoms with Crippen molar-refractivity contribution in [1.29, 1.82) is 0 Å². The summed E-state index contributed by atoms with van der Waals surface area (Å²) in [6.45, 7) is 4.08. The van der Waals surface area contributed by atoms with E-state index in [1.54, 1.807) is 12.1 Å². The number of hydrogen-bond acceptors (Lipinski definition) is 2. The highest BCUT2D eigenvalue weighted by atomic mass is 16.3. The number of aromatic hydroxyl groups is 1. The Balaban J connectivity index is 2.94. The minimum atomic E-state index is -0.0776. The van der Waals surface area contributed by atoms with E-state index in [0.717, 1.165) is 5.56 Å². The van der Waals surface area contributed by atoms with Gasteiger partial charge >= 0.3 is 0 Å². The average Bonchev–Trinajstić information content (AvgIpc) is 2.04. The van der Waals surface area contributed by atoms with Gasteiger partial charge in [0, 0.05) is 11.6 Å². The second-order valence-electron chi connectivity index (χ2n) is 3.33. The zero-order chi connectivity index (χ0) is 9.14. The van der Waals surface area contributed by atoms with E-state index in [1.165, 1.54) is 0 Å². The van der Waals surface area contributed by atoms with Gasteiger partial charge < -0.3 is 10.8 Å². The van der Waals surface area contributed by atoms with Gasteiger partial charge in [0.2, 0.25) is 0 Å². The van der Waals surface area contributed by atoms with E-state index in [-0.39, 0.29) is 6.04 Å². The van der Waals surface area contributed by atoms with E-state index in [9.17, 15) is 5.11 Å². The third-order valence-corrected chi connectivity index (χ3v) is 2.01. The molecule has 1 aromatic carbocycles. The zero-order valence-corrected chi connectivity index (χ0v) is 7.49. The van der Waals surface area contributed by atoms with Gasteiger partial charge in [0.15, 0.2) is 0 Å². The Bertz CT molecular complexity index is 258. The lowest BCUT2D eigenvalue weighted by Gasteiger charge is -2.16. The van der Waals surface area contributed by atoms with Gasteiger partial charge in [-0.2, -0.15) is 0 Å². The first-order valence-electron chi connectivity index (χ1n) is 4.16. The van der Waals surface area contributed by atoms with E-state index >= 15 is 0 Å². The SMILES string of the molecule is CC(C)[C@H](N)c1ccccc1O. The van der Waals surface area contributed by atoms with Gasteiger partial charge in [0.05, 0.1) is 0 Å². The van der Waals surface area contributed by atoms with Crippen LogP contribution >= 0.6 is 0 Å². The molecule has 0 unspecified atom stereocenters. The Morgan fingerprint density at radius 2 is 1.83 bits per heavy atom. The molecule has 1 rings (SSSR count). The lowest BCUT2D eigenvalue weighted by Crippen LogP contribution is -2.16. The maximum absolute atomic E-state index is 9.45. The van der Waals surface area contributed by atoms with Gasteiger partial charge in [-0.15, -0.1) is 0 Å². The first kappa shape index (κ1) is 9.07. The molecule has 0 bridgehead atoms. The van der Waals surface area contributed by atoms with Crippen molar-refractivity contribution >= 4 is 0 Å². The van der Waals surface area contributed by atoms with Crippen LogP contribution in [0, 0.1) is 5.92 Å². The molecule has 66 valence electrons. The molecule has 0 spiro atoms. The Morgan fingerprint density at radius 1 is 1.25 bits per heavy atom. The molecule has 0 aliphatic rings. The highest BCUT2D eigenvalue weighted by molar-refractivity contribution is 5.34. The summed E-state index contributed by atoms with van der Waals surface area (Å²) in [6, 6.07) is 7.13. The fraction of sp³-hybridized carbons (Fsp3) is 0.400. The predicted octanol–water partition coefficient (Wildman–Crippen LogP) is 2.05. The highest BCUT2D eigenvalue weighted by Gasteiger charge is 2.12. The normalized spacial score (nSPS) is 13.3. The second-order valence-corrected chi connectivity index (χ2v) is 3.33. The quantitative estimate of drug-likeness (QED) is 0.704. The predicted molar refractivity (Wildman–Crippen MR) is 49.9 cm³/mol. The molecule has 0 saturated heterocycles.